The summed E-state index contributed by atoms with van der Waals surface area (Å²) in [5.41, 5.74) is -0.551. The molecule has 0 spiro atoms. The SMILES string of the molecule is OC1(c2ccc(OC(F)(F)F)cc2)COC1. The fourth-order valence-electron chi connectivity index (χ4n) is 1.43. The number of ether oxygens (including phenoxy) is 2. The van der Waals surface area contributed by atoms with E-state index in [0.717, 1.165) is 0 Å². The van der Waals surface area contributed by atoms with Crippen LogP contribution in [0.5, 0.6) is 5.75 Å². The lowest BCUT2D eigenvalue weighted by atomic mass is 9.92. The van der Waals surface area contributed by atoms with Crippen molar-refractivity contribution >= 4 is 0 Å². The molecule has 1 aliphatic rings. The lowest BCUT2D eigenvalue weighted by molar-refractivity contribution is -0.274. The summed E-state index contributed by atoms with van der Waals surface area (Å²) in [6.07, 6.45) is -4.70. The monoisotopic (exact) mass is 234 g/mol. The molecule has 0 aromatic heterocycles. The molecule has 1 N–H and O–H groups in total. The molecule has 6 heteroatoms. The van der Waals surface area contributed by atoms with Gasteiger partial charge in [-0.15, -0.1) is 13.2 Å². The van der Waals surface area contributed by atoms with E-state index in [0.29, 0.717) is 5.56 Å². The molecule has 0 atom stereocenters. The fraction of sp³-hybridized carbons (Fsp3) is 0.400. The smallest absolute Gasteiger partial charge is 0.406 e. The van der Waals surface area contributed by atoms with Crippen molar-refractivity contribution in [3.05, 3.63) is 29.8 Å². The van der Waals surface area contributed by atoms with Crippen LogP contribution in [-0.4, -0.2) is 24.7 Å². The van der Waals surface area contributed by atoms with E-state index in [4.69, 9.17) is 4.74 Å². The van der Waals surface area contributed by atoms with Gasteiger partial charge in [0.2, 0.25) is 0 Å². The zero-order valence-corrected chi connectivity index (χ0v) is 8.12. The average molecular weight is 234 g/mol. The number of hydrogen-bond acceptors (Lipinski definition) is 3. The molecule has 0 saturated carbocycles. The molecule has 0 radical (unpaired) electrons. The molecule has 0 bridgehead atoms. The first-order valence-electron chi connectivity index (χ1n) is 4.55. The lowest BCUT2D eigenvalue weighted by Crippen LogP contribution is -2.46. The summed E-state index contributed by atoms with van der Waals surface area (Å²) in [7, 11) is 0. The molecule has 88 valence electrons. The van der Waals surface area contributed by atoms with E-state index in [9.17, 15) is 18.3 Å². The Kier molecular flexibility index (Phi) is 2.55. The van der Waals surface area contributed by atoms with Gasteiger partial charge in [0.05, 0.1) is 13.2 Å². The van der Waals surface area contributed by atoms with Gasteiger partial charge in [0, 0.05) is 0 Å². The van der Waals surface area contributed by atoms with Gasteiger partial charge in [0.25, 0.3) is 0 Å². The van der Waals surface area contributed by atoms with Crippen molar-refractivity contribution < 1.29 is 27.8 Å². The predicted octanol–water partition coefficient (Wildman–Crippen LogP) is 1.80. The standard InChI is InChI=1S/C10H9F3O3/c11-10(12,13)16-8-3-1-7(2-4-8)9(14)5-15-6-9/h1-4,14H,5-6H2. The maximum absolute atomic E-state index is 11.9. The highest BCUT2D eigenvalue weighted by Crippen LogP contribution is 2.31. The van der Waals surface area contributed by atoms with E-state index < -0.39 is 12.0 Å². The van der Waals surface area contributed by atoms with E-state index in [1.165, 1.54) is 24.3 Å². The third kappa shape index (κ3) is 2.28. The van der Waals surface area contributed by atoms with Crippen LogP contribution in [0.1, 0.15) is 5.56 Å². The fourth-order valence-corrected chi connectivity index (χ4v) is 1.43. The minimum Gasteiger partial charge on any atom is -0.406 e. The van der Waals surface area contributed by atoms with Crippen LogP contribution in [0.4, 0.5) is 13.2 Å². The highest BCUT2D eigenvalue weighted by atomic mass is 19.4. The minimum atomic E-state index is -4.70. The van der Waals surface area contributed by atoms with Gasteiger partial charge < -0.3 is 14.6 Å². The minimum absolute atomic E-state index is 0.159. The molecule has 0 unspecified atom stereocenters. The van der Waals surface area contributed by atoms with Crippen LogP contribution >= 0.6 is 0 Å². The van der Waals surface area contributed by atoms with Crippen LogP contribution in [0.15, 0.2) is 24.3 Å². The van der Waals surface area contributed by atoms with Crippen molar-refractivity contribution in [2.24, 2.45) is 0 Å². The molecule has 16 heavy (non-hydrogen) atoms. The Morgan fingerprint density at radius 2 is 1.75 bits per heavy atom. The Bertz CT molecular complexity index is 368. The number of hydrogen-bond donors (Lipinski definition) is 1. The van der Waals surface area contributed by atoms with Gasteiger partial charge in [-0.1, -0.05) is 12.1 Å². The molecular formula is C10H9F3O3. The first-order valence-corrected chi connectivity index (χ1v) is 4.55. The largest absolute Gasteiger partial charge is 0.573 e. The third-order valence-corrected chi connectivity index (χ3v) is 2.31. The van der Waals surface area contributed by atoms with Crippen LogP contribution in [0.3, 0.4) is 0 Å². The molecule has 0 aliphatic carbocycles. The van der Waals surface area contributed by atoms with Crippen molar-refractivity contribution in [1.29, 1.82) is 0 Å². The molecule has 1 fully saturated rings. The van der Waals surface area contributed by atoms with Crippen LogP contribution in [0, 0.1) is 0 Å². The van der Waals surface area contributed by atoms with E-state index in [2.05, 4.69) is 4.74 Å². The van der Waals surface area contributed by atoms with E-state index in [-0.39, 0.29) is 19.0 Å². The molecule has 2 rings (SSSR count). The van der Waals surface area contributed by atoms with Gasteiger partial charge in [0.1, 0.15) is 11.4 Å². The van der Waals surface area contributed by atoms with Gasteiger partial charge >= 0.3 is 6.36 Å². The van der Waals surface area contributed by atoms with E-state index >= 15 is 0 Å². The average Bonchev–Trinajstić information content (AvgIpc) is 2.13. The van der Waals surface area contributed by atoms with Crippen molar-refractivity contribution in [3.63, 3.8) is 0 Å². The summed E-state index contributed by atoms with van der Waals surface area (Å²) in [5.74, 6) is -0.305. The topological polar surface area (TPSA) is 38.7 Å². The number of halogens is 3. The zero-order valence-electron chi connectivity index (χ0n) is 8.12. The highest BCUT2D eigenvalue weighted by Gasteiger charge is 2.38. The quantitative estimate of drug-likeness (QED) is 0.848. The predicted molar refractivity (Wildman–Crippen MR) is 47.8 cm³/mol. The molecule has 1 aromatic rings. The van der Waals surface area contributed by atoms with Gasteiger partial charge in [-0.3, -0.25) is 0 Å². The van der Waals surface area contributed by atoms with Crippen LogP contribution in [-0.2, 0) is 10.3 Å². The Labute approximate surface area is 89.4 Å². The van der Waals surface area contributed by atoms with Crippen LogP contribution < -0.4 is 4.74 Å². The Morgan fingerprint density at radius 3 is 2.12 bits per heavy atom. The molecule has 1 aliphatic heterocycles. The molecular weight excluding hydrogens is 225 g/mol. The molecule has 1 aromatic carbocycles. The van der Waals surface area contributed by atoms with Crippen LogP contribution in [0.2, 0.25) is 0 Å². The Morgan fingerprint density at radius 1 is 1.19 bits per heavy atom. The summed E-state index contributed by atoms with van der Waals surface area (Å²) in [5, 5.41) is 9.82. The van der Waals surface area contributed by atoms with Gasteiger partial charge in [0.15, 0.2) is 0 Å². The number of benzene rings is 1. The van der Waals surface area contributed by atoms with Gasteiger partial charge in [-0.05, 0) is 17.7 Å². The van der Waals surface area contributed by atoms with Crippen molar-refractivity contribution in [2.45, 2.75) is 12.0 Å². The molecule has 0 amide bonds. The lowest BCUT2D eigenvalue weighted by Gasteiger charge is -2.36. The molecule has 3 nitrogen and oxygen atoms in total. The number of alkyl halides is 3. The maximum Gasteiger partial charge on any atom is 0.573 e. The summed E-state index contributed by atoms with van der Waals surface area (Å²) >= 11 is 0. The number of rotatable bonds is 2. The van der Waals surface area contributed by atoms with Crippen LogP contribution in [0.25, 0.3) is 0 Å². The van der Waals surface area contributed by atoms with E-state index in [1.54, 1.807) is 0 Å². The normalized spacial score (nSPS) is 19.0. The van der Waals surface area contributed by atoms with Gasteiger partial charge in [-0.25, -0.2) is 0 Å². The number of aliphatic hydroxyl groups is 1. The zero-order chi connectivity index (χ0) is 11.8. The molecule has 1 heterocycles. The van der Waals surface area contributed by atoms with Crippen molar-refractivity contribution in [3.8, 4) is 5.75 Å². The second kappa shape index (κ2) is 3.64. The third-order valence-electron chi connectivity index (χ3n) is 2.31. The van der Waals surface area contributed by atoms with Crippen molar-refractivity contribution in [2.75, 3.05) is 13.2 Å². The summed E-state index contributed by atoms with van der Waals surface area (Å²) in [6, 6.07) is 5.12. The summed E-state index contributed by atoms with van der Waals surface area (Å²) in [4.78, 5) is 0. The maximum atomic E-state index is 11.9. The van der Waals surface area contributed by atoms with Gasteiger partial charge in [-0.2, -0.15) is 0 Å². The second-order valence-electron chi connectivity index (χ2n) is 3.60. The Balaban J connectivity index is 2.10. The first kappa shape index (κ1) is 11.2. The summed E-state index contributed by atoms with van der Waals surface area (Å²) in [6.45, 7) is 0.318. The Hall–Kier alpha value is -1.27. The first-order chi connectivity index (χ1) is 7.39. The molecule has 1 saturated heterocycles. The van der Waals surface area contributed by atoms with Crippen molar-refractivity contribution in [1.82, 2.24) is 0 Å². The second-order valence-corrected chi connectivity index (χ2v) is 3.60. The van der Waals surface area contributed by atoms with E-state index in [1.807, 2.05) is 0 Å². The highest BCUT2D eigenvalue weighted by molar-refractivity contribution is 5.32. The summed E-state index contributed by atoms with van der Waals surface area (Å²) < 4.78 is 44.1.